The molecule has 0 rings (SSSR count). The average Bonchev–Trinajstić information content (AvgIpc) is 1.96. The van der Waals surface area contributed by atoms with E-state index < -0.39 is 0 Å². The lowest BCUT2D eigenvalue weighted by Gasteiger charge is -2.18. The zero-order valence-electron chi connectivity index (χ0n) is 7.71. The fraction of sp³-hybridized carbons (Fsp3) is 0.875. The SMILES string of the molecule is CC(C)C(NCCCO)C(N)=O. The third-order valence-electron chi connectivity index (χ3n) is 1.67. The molecule has 0 bridgehead atoms. The Labute approximate surface area is 73.1 Å². The van der Waals surface area contributed by atoms with Gasteiger partial charge in [-0.05, 0) is 18.9 Å². The largest absolute Gasteiger partial charge is 0.396 e. The van der Waals surface area contributed by atoms with Crippen LogP contribution in [0.25, 0.3) is 0 Å². The quantitative estimate of drug-likeness (QED) is 0.474. The molecule has 0 aliphatic heterocycles. The summed E-state index contributed by atoms with van der Waals surface area (Å²) in [5, 5.41) is 11.5. The van der Waals surface area contributed by atoms with E-state index in [0.717, 1.165) is 0 Å². The minimum Gasteiger partial charge on any atom is -0.396 e. The predicted molar refractivity (Wildman–Crippen MR) is 47.5 cm³/mol. The van der Waals surface area contributed by atoms with Gasteiger partial charge in [-0.15, -0.1) is 0 Å². The molecule has 0 heterocycles. The van der Waals surface area contributed by atoms with Gasteiger partial charge in [-0.3, -0.25) is 4.79 Å². The third kappa shape index (κ3) is 4.31. The maximum atomic E-state index is 10.8. The number of nitrogens with two attached hydrogens (primary N) is 1. The molecule has 1 atom stereocenters. The minimum atomic E-state index is -0.331. The van der Waals surface area contributed by atoms with Gasteiger partial charge in [0.2, 0.25) is 5.91 Å². The molecule has 1 unspecified atom stereocenters. The molecule has 0 saturated heterocycles. The number of hydrogen-bond acceptors (Lipinski definition) is 3. The van der Waals surface area contributed by atoms with E-state index in [1.54, 1.807) is 0 Å². The molecule has 72 valence electrons. The van der Waals surface area contributed by atoms with Gasteiger partial charge < -0.3 is 16.2 Å². The third-order valence-corrected chi connectivity index (χ3v) is 1.67. The molecular weight excluding hydrogens is 156 g/mol. The number of primary amides is 1. The van der Waals surface area contributed by atoms with Crippen molar-refractivity contribution in [1.29, 1.82) is 0 Å². The van der Waals surface area contributed by atoms with Crippen LogP contribution in [-0.2, 0) is 4.79 Å². The molecule has 4 nitrogen and oxygen atoms in total. The van der Waals surface area contributed by atoms with Gasteiger partial charge in [0, 0.05) is 6.61 Å². The number of aliphatic hydroxyl groups excluding tert-OH is 1. The zero-order chi connectivity index (χ0) is 9.56. The maximum Gasteiger partial charge on any atom is 0.234 e. The molecule has 0 spiro atoms. The Hall–Kier alpha value is -0.610. The molecule has 0 saturated carbocycles. The van der Waals surface area contributed by atoms with Crippen molar-refractivity contribution in [3.05, 3.63) is 0 Å². The van der Waals surface area contributed by atoms with Gasteiger partial charge in [-0.2, -0.15) is 0 Å². The van der Waals surface area contributed by atoms with E-state index in [0.29, 0.717) is 13.0 Å². The van der Waals surface area contributed by atoms with Crippen LogP contribution in [-0.4, -0.2) is 30.2 Å². The highest BCUT2D eigenvalue weighted by atomic mass is 16.3. The smallest absolute Gasteiger partial charge is 0.234 e. The van der Waals surface area contributed by atoms with E-state index in [1.165, 1.54) is 0 Å². The Bertz CT molecular complexity index is 137. The molecule has 0 aromatic rings. The topological polar surface area (TPSA) is 75.3 Å². The number of rotatable bonds is 6. The van der Waals surface area contributed by atoms with Crippen LogP contribution in [0.2, 0.25) is 0 Å². The molecule has 0 aliphatic carbocycles. The number of hydrogen-bond donors (Lipinski definition) is 3. The number of nitrogens with one attached hydrogen (secondary N) is 1. The van der Waals surface area contributed by atoms with Crippen LogP contribution in [0, 0.1) is 5.92 Å². The molecule has 1 amide bonds. The van der Waals surface area contributed by atoms with Gasteiger partial charge in [-0.25, -0.2) is 0 Å². The van der Waals surface area contributed by atoms with Gasteiger partial charge in [0.1, 0.15) is 0 Å². The maximum absolute atomic E-state index is 10.8. The molecule has 4 N–H and O–H groups in total. The lowest BCUT2D eigenvalue weighted by molar-refractivity contribution is -0.121. The highest BCUT2D eigenvalue weighted by Crippen LogP contribution is 1.99. The van der Waals surface area contributed by atoms with Gasteiger partial charge in [-0.1, -0.05) is 13.8 Å². The monoisotopic (exact) mass is 174 g/mol. The second-order valence-electron chi connectivity index (χ2n) is 3.16. The van der Waals surface area contributed by atoms with Crippen molar-refractivity contribution in [3.63, 3.8) is 0 Å². The van der Waals surface area contributed by atoms with Crippen molar-refractivity contribution in [1.82, 2.24) is 5.32 Å². The zero-order valence-corrected chi connectivity index (χ0v) is 7.71. The van der Waals surface area contributed by atoms with E-state index in [9.17, 15) is 4.79 Å². The highest BCUT2D eigenvalue weighted by Gasteiger charge is 2.17. The van der Waals surface area contributed by atoms with Crippen molar-refractivity contribution in [3.8, 4) is 0 Å². The summed E-state index contributed by atoms with van der Waals surface area (Å²) in [6.07, 6.45) is 0.649. The molecule has 0 aromatic carbocycles. The van der Waals surface area contributed by atoms with Crippen molar-refractivity contribution in [2.75, 3.05) is 13.2 Å². The first-order valence-electron chi connectivity index (χ1n) is 4.23. The molecule has 0 aliphatic rings. The van der Waals surface area contributed by atoms with Crippen LogP contribution in [0.1, 0.15) is 20.3 Å². The van der Waals surface area contributed by atoms with Crippen LogP contribution in [0.3, 0.4) is 0 Å². The summed E-state index contributed by atoms with van der Waals surface area (Å²) >= 11 is 0. The average molecular weight is 174 g/mol. The van der Waals surface area contributed by atoms with Gasteiger partial charge in [0.05, 0.1) is 6.04 Å². The first-order chi connectivity index (χ1) is 5.59. The van der Waals surface area contributed by atoms with E-state index in [2.05, 4.69) is 5.32 Å². The van der Waals surface area contributed by atoms with Crippen LogP contribution >= 0.6 is 0 Å². The van der Waals surface area contributed by atoms with E-state index in [4.69, 9.17) is 10.8 Å². The minimum absolute atomic E-state index is 0.135. The number of aliphatic hydroxyl groups is 1. The second-order valence-corrected chi connectivity index (χ2v) is 3.16. The van der Waals surface area contributed by atoms with E-state index in [-0.39, 0.29) is 24.5 Å². The Morgan fingerprint density at radius 2 is 2.17 bits per heavy atom. The first kappa shape index (κ1) is 11.4. The molecule has 12 heavy (non-hydrogen) atoms. The molecule has 4 heteroatoms. The van der Waals surface area contributed by atoms with Crippen LogP contribution in [0.4, 0.5) is 0 Å². The van der Waals surface area contributed by atoms with Gasteiger partial charge in [0.15, 0.2) is 0 Å². The Balaban J connectivity index is 3.72. The van der Waals surface area contributed by atoms with Crippen molar-refractivity contribution >= 4 is 5.91 Å². The van der Waals surface area contributed by atoms with Crippen molar-refractivity contribution in [2.24, 2.45) is 11.7 Å². The van der Waals surface area contributed by atoms with E-state index >= 15 is 0 Å². The van der Waals surface area contributed by atoms with Crippen LogP contribution in [0.5, 0.6) is 0 Å². The summed E-state index contributed by atoms with van der Waals surface area (Å²) < 4.78 is 0. The first-order valence-corrected chi connectivity index (χ1v) is 4.23. The summed E-state index contributed by atoms with van der Waals surface area (Å²) in [5.41, 5.74) is 5.16. The lowest BCUT2D eigenvalue weighted by atomic mass is 10.0. The number of carbonyl (C=O) groups is 1. The Morgan fingerprint density at radius 1 is 1.58 bits per heavy atom. The summed E-state index contributed by atoms with van der Waals surface area (Å²) in [6.45, 7) is 4.63. The fourth-order valence-corrected chi connectivity index (χ4v) is 1.00. The van der Waals surface area contributed by atoms with Crippen molar-refractivity contribution in [2.45, 2.75) is 26.3 Å². The second kappa shape index (κ2) is 5.97. The van der Waals surface area contributed by atoms with Crippen LogP contribution in [0.15, 0.2) is 0 Å². The predicted octanol–water partition coefficient (Wildman–Crippen LogP) is -0.532. The van der Waals surface area contributed by atoms with E-state index in [1.807, 2.05) is 13.8 Å². The summed E-state index contributed by atoms with van der Waals surface area (Å²) in [5.74, 6) is -0.135. The highest BCUT2D eigenvalue weighted by molar-refractivity contribution is 5.80. The van der Waals surface area contributed by atoms with Gasteiger partial charge in [0.25, 0.3) is 0 Å². The molecule has 0 aromatic heterocycles. The fourth-order valence-electron chi connectivity index (χ4n) is 1.00. The standard InChI is InChI=1S/C8H18N2O2/c1-6(2)7(8(9)12)10-4-3-5-11/h6-7,10-11H,3-5H2,1-2H3,(H2,9,12). The van der Waals surface area contributed by atoms with Gasteiger partial charge >= 0.3 is 0 Å². The summed E-state index contributed by atoms with van der Waals surface area (Å²) in [7, 11) is 0. The summed E-state index contributed by atoms with van der Waals surface area (Å²) in [6, 6.07) is -0.281. The molecular formula is C8H18N2O2. The molecule has 0 fully saturated rings. The number of amides is 1. The molecule has 0 radical (unpaired) electrons. The number of carbonyl (C=O) groups excluding carboxylic acids is 1. The summed E-state index contributed by atoms with van der Waals surface area (Å²) in [4.78, 5) is 10.8. The van der Waals surface area contributed by atoms with Crippen LogP contribution < -0.4 is 11.1 Å². The Morgan fingerprint density at radius 3 is 2.50 bits per heavy atom. The normalized spacial score (nSPS) is 13.3. The lowest BCUT2D eigenvalue weighted by Crippen LogP contribution is -2.45. The van der Waals surface area contributed by atoms with Crippen molar-refractivity contribution < 1.29 is 9.90 Å². The Kier molecular flexibility index (Phi) is 5.66.